The zero-order chi connectivity index (χ0) is 16.3. The van der Waals surface area contributed by atoms with E-state index in [0.29, 0.717) is 19.4 Å². The van der Waals surface area contributed by atoms with Crippen LogP contribution in [0.5, 0.6) is 0 Å². The van der Waals surface area contributed by atoms with E-state index in [1.54, 1.807) is 11.0 Å². The Kier molecular flexibility index (Phi) is 5.56. The van der Waals surface area contributed by atoms with E-state index in [0.717, 1.165) is 0 Å². The quantitative estimate of drug-likeness (QED) is 0.731. The van der Waals surface area contributed by atoms with Gasteiger partial charge < -0.3 is 9.47 Å². The van der Waals surface area contributed by atoms with E-state index in [1.165, 1.54) is 0 Å². The van der Waals surface area contributed by atoms with Gasteiger partial charge in [0.2, 0.25) is 0 Å². The lowest BCUT2D eigenvalue weighted by atomic mass is 10.1. The summed E-state index contributed by atoms with van der Waals surface area (Å²) in [5.41, 5.74) is -1.33. The third-order valence-electron chi connectivity index (χ3n) is 3.26. The van der Waals surface area contributed by atoms with Crippen molar-refractivity contribution in [1.29, 1.82) is 0 Å². The normalized spacial score (nSPS) is 21.2. The van der Waals surface area contributed by atoms with Crippen molar-refractivity contribution in [1.82, 2.24) is 4.90 Å². The summed E-state index contributed by atoms with van der Waals surface area (Å²) in [4.78, 5) is 25.9. The van der Waals surface area contributed by atoms with Gasteiger partial charge in [0.25, 0.3) is 0 Å². The van der Waals surface area contributed by atoms with Gasteiger partial charge in [-0.2, -0.15) is 0 Å². The standard InChI is InChI=1S/C16H27NO4/c1-7-8-9-13(18)10-12-11-20-16(5,6)17(12)14(19)21-15(2,3)4/h7,12H,1,8-11H2,2-6H3/t12-/m0/s1. The molecule has 1 fully saturated rings. The van der Waals surface area contributed by atoms with Crippen molar-refractivity contribution in [2.24, 2.45) is 0 Å². The van der Waals surface area contributed by atoms with Crippen LogP contribution in [-0.4, -0.2) is 40.8 Å². The highest BCUT2D eigenvalue weighted by Gasteiger charge is 2.46. The van der Waals surface area contributed by atoms with Crippen molar-refractivity contribution in [2.45, 2.75) is 71.2 Å². The number of carbonyl (C=O) groups is 2. The van der Waals surface area contributed by atoms with E-state index >= 15 is 0 Å². The number of ether oxygens (including phenoxy) is 2. The second-order valence-corrected chi connectivity index (χ2v) is 6.83. The van der Waals surface area contributed by atoms with Gasteiger partial charge in [0.1, 0.15) is 17.1 Å². The molecular formula is C16H27NO4. The number of ketones is 1. The summed E-state index contributed by atoms with van der Waals surface area (Å²) in [5, 5.41) is 0. The largest absolute Gasteiger partial charge is 0.444 e. The highest BCUT2D eigenvalue weighted by atomic mass is 16.6. The Bertz CT molecular complexity index is 409. The average Bonchev–Trinajstić information content (AvgIpc) is 2.59. The second kappa shape index (κ2) is 6.60. The molecule has 0 aliphatic carbocycles. The van der Waals surface area contributed by atoms with Crippen LogP contribution in [0.2, 0.25) is 0 Å². The van der Waals surface area contributed by atoms with Crippen molar-refractivity contribution < 1.29 is 19.1 Å². The minimum atomic E-state index is -0.758. The monoisotopic (exact) mass is 297 g/mol. The Morgan fingerprint density at radius 3 is 2.57 bits per heavy atom. The fraction of sp³-hybridized carbons (Fsp3) is 0.750. The van der Waals surface area contributed by atoms with E-state index in [-0.39, 0.29) is 18.2 Å². The molecule has 0 saturated carbocycles. The smallest absolute Gasteiger partial charge is 0.412 e. The SMILES string of the molecule is C=CCCC(=O)C[C@H]1COC(C)(C)N1C(=O)OC(C)(C)C. The molecule has 1 aliphatic heterocycles. The molecular weight excluding hydrogens is 270 g/mol. The molecule has 0 radical (unpaired) electrons. The third-order valence-corrected chi connectivity index (χ3v) is 3.26. The molecule has 0 spiro atoms. The van der Waals surface area contributed by atoms with Gasteiger partial charge in [-0.05, 0) is 41.0 Å². The Hall–Kier alpha value is -1.36. The molecule has 5 heteroatoms. The maximum atomic E-state index is 12.4. The summed E-state index contributed by atoms with van der Waals surface area (Å²) in [6.07, 6.45) is 2.67. The molecule has 1 aliphatic rings. The van der Waals surface area contributed by atoms with Crippen LogP contribution in [-0.2, 0) is 14.3 Å². The molecule has 0 unspecified atom stereocenters. The summed E-state index contributed by atoms with van der Waals surface area (Å²) in [5.74, 6) is 0.106. The number of carbonyl (C=O) groups excluding carboxylic acids is 2. The minimum absolute atomic E-state index is 0.106. The Morgan fingerprint density at radius 1 is 1.43 bits per heavy atom. The fourth-order valence-electron chi connectivity index (χ4n) is 2.34. The number of Topliss-reactive ketones (excluding diaryl/α,β-unsaturated/α-hetero) is 1. The minimum Gasteiger partial charge on any atom is -0.444 e. The topological polar surface area (TPSA) is 55.8 Å². The molecule has 1 saturated heterocycles. The van der Waals surface area contributed by atoms with E-state index in [4.69, 9.17) is 9.47 Å². The van der Waals surface area contributed by atoms with Gasteiger partial charge in [-0.3, -0.25) is 9.69 Å². The predicted molar refractivity (Wildman–Crippen MR) is 80.9 cm³/mol. The Morgan fingerprint density at radius 2 is 2.05 bits per heavy atom. The van der Waals surface area contributed by atoms with Crippen LogP contribution in [0.3, 0.4) is 0 Å². The maximum Gasteiger partial charge on any atom is 0.412 e. The molecule has 1 rings (SSSR count). The summed E-state index contributed by atoms with van der Waals surface area (Å²) >= 11 is 0. The first-order valence-electron chi connectivity index (χ1n) is 7.35. The summed E-state index contributed by atoms with van der Waals surface area (Å²) in [6, 6.07) is -0.271. The third kappa shape index (κ3) is 5.16. The summed E-state index contributed by atoms with van der Waals surface area (Å²) < 4.78 is 11.1. The first-order chi connectivity index (χ1) is 9.57. The van der Waals surface area contributed by atoms with Crippen molar-refractivity contribution in [3.8, 4) is 0 Å². The zero-order valence-electron chi connectivity index (χ0n) is 13.8. The highest BCUT2D eigenvalue weighted by molar-refractivity contribution is 5.80. The molecule has 0 N–H and O–H groups in total. The van der Waals surface area contributed by atoms with Gasteiger partial charge in [-0.1, -0.05) is 6.08 Å². The van der Waals surface area contributed by atoms with Gasteiger partial charge in [-0.25, -0.2) is 4.79 Å². The molecule has 21 heavy (non-hydrogen) atoms. The first kappa shape index (κ1) is 17.7. The van der Waals surface area contributed by atoms with Crippen molar-refractivity contribution >= 4 is 11.9 Å². The zero-order valence-corrected chi connectivity index (χ0v) is 13.8. The van der Waals surface area contributed by atoms with Crippen LogP contribution in [0.25, 0.3) is 0 Å². The maximum absolute atomic E-state index is 12.4. The van der Waals surface area contributed by atoms with Crippen LogP contribution >= 0.6 is 0 Å². The van der Waals surface area contributed by atoms with E-state index in [2.05, 4.69) is 6.58 Å². The van der Waals surface area contributed by atoms with E-state index in [1.807, 2.05) is 34.6 Å². The van der Waals surface area contributed by atoms with Crippen molar-refractivity contribution in [3.05, 3.63) is 12.7 Å². The van der Waals surface area contributed by atoms with Gasteiger partial charge >= 0.3 is 6.09 Å². The van der Waals surface area contributed by atoms with Crippen LogP contribution < -0.4 is 0 Å². The molecule has 1 atom stereocenters. The van der Waals surface area contributed by atoms with E-state index < -0.39 is 17.4 Å². The molecule has 5 nitrogen and oxygen atoms in total. The van der Waals surface area contributed by atoms with Crippen LogP contribution in [0.15, 0.2) is 12.7 Å². The fourth-order valence-corrected chi connectivity index (χ4v) is 2.34. The molecule has 1 amide bonds. The second-order valence-electron chi connectivity index (χ2n) is 6.83. The Labute approximate surface area is 127 Å². The number of amides is 1. The lowest BCUT2D eigenvalue weighted by Gasteiger charge is -2.35. The Balaban J connectivity index is 2.77. The molecule has 0 aromatic rings. The van der Waals surface area contributed by atoms with E-state index in [9.17, 15) is 9.59 Å². The molecule has 0 aromatic heterocycles. The van der Waals surface area contributed by atoms with Crippen LogP contribution in [0.4, 0.5) is 4.79 Å². The van der Waals surface area contributed by atoms with Crippen molar-refractivity contribution in [2.75, 3.05) is 6.61 Å². The number of rotatable bonds is 5. The average molecular weight is 297 g/mol. The number of hydrogen-bond donors (Lipinski definition) is 0. The number of hydrogen-bond acceptors (Lipinski definition) is 4. The van der Waals surface area contributed by atoms with Gasteiger partial charge in [0.15, 0.2) is 0 Å². The van der Waals surface area contributed by atoms with Crippen molar-refractivity contribution in [3.63, 3.8) is 0 Å². The molecule has 0 bridgehead atoms. The molecule has 0 aromatic carbocycles. The lowest BCUT2D eigenvalue weighted by Crippen LogP contribution is -2.50. The number of nitrogens with zero attached hydrogens (tertiary/aromatic N) is 1. The van der Waals surface area contributed by atoms with Gasteiger partial charge in [0.05, 0.1) is 12.6 Å². The molecule has 120 valence electrons. The number of allylic oxidation sites excluding steroid dienone is 1. The first-order valence-corrected chi connectivity index (χ1v) is 7.35. The highest BCUT2D eigenvalue weighted by Crippen LogP contribution is 2.31. The van der Waals surface area contributed by atoms with Crippen LogP contribution in [0.1, 0.15) is 53.9 Å². The lowest BCUT2D eigenvalue weighted by molar-refractivity contribution is -0.120. The van der Waals surface area contributed by atoms with Gasteiger partial charge in [0, 0.05) is 12.8 Å². The summed E-state index contributed by atoms with van der Waals surface area (Å²) in [7, 11) is 0. The van der Waals surface area contributed by atoms with Crippen LogP contribution in [0, 0.1) is 0 Å². The summed E-state index contributed by atoms with van der Waals surface area (Å²) in [6.45, 7) is 13.0. The van der Waals surface area contributed by atoms with Gasteiger partial charge in [-0.15, -0.1) is 6.58 Å². The molecule has 1 heterocycles. The predicted octanol–water partition coefficient (Wildman–Crippen LogP) is 3.28.